The molecular formula is C14H25N3O4. The van der Waals surface area contributed by atoms with Crippen LogP contribution in [0.15, 0.2) is 0 Å². The molecule has 0 bridgehead atoms. The van der Waals surface area contributed by atoms with E-state index in [-0.39, 0.29) is 30.6 Å². The fraction of sp³-hybridized carbons (Fsp3) is 0.786. The predicted molar refractivity (Wildman–Crippen MR) is 77.9 cm³/mol. The van der Waals surface area contributed by atoms with Crippen molar-refractivity contribution in [2.75, 3.05) is 47.4 Å². The second-order valence-corrected chi connectivity index (χ2v) is 5.63. The van der Waals surface area contributed by atoms with Gasteiger partial charge in [0.15, 0.2) is 12.4 Å². The first-order chi connectivity index (χ1) is 9.90. The summed E-state index contributed by atoms with van der Waals surface area (Å²) in [6.45, 7) is 1.74. The van der Waals surface area contributed by atoms with Crippen LogP contribution in [0.25, 0.3) is 0 Å². The molecule has 7 nitrogen and oxygen atoms in total. The average molecular weight is 299 g/mol. The molecule has 1 heterocycles. The highest BCUT2D eigenvalue weighted by Gasteiger charge is 2.24. The molecule has 0 unspecified atom stereocenters. The van der Waals surface area contributed by atoms with Crippen LogP contribution in [0, 0.1) is 5.92 Å². The number of hydrogen-bond acceptors (Lipinski definition) is 5. The summed E-state index contributed by atoms with van der Waals surface area (Å²) < 4.78 is 4.96. The van der Waals surface area contributed by atoms with Gasteiger partial charge in [0.05, 0.1) is 0 Å². The van der Waals surface area contributed by atoms with E-state index >= 15 is 0 Å². The van der Waals surface area contributed by atoms with Gasteiger partial charge in [-0.25, -0.2) is 4.79 Å². The number of ether oxygens (including phenoxy) is 1. The lowest BCUT2D eigenvalue weighted by Crippen LogP contribution is -2.34. The van der Waals surface area contributed by atoms with Crippen molar-refractivity contribution < 1.29 is 19.1 Å². The van der Waals surface area contributed by atoms with Crippen molar-refractivity contribution in [1.29, 1.82) is 0 Å². The van der Waals surface area contributed by atoms with E-state index in [1.807, 2.05) is 19.0 Å². The Labute approximate surface area is 125 Å². The van der Waals surface area contributed by atoms with Crippen LogP contribution >= 0.6 is 0 Å². The molecule has 1 atom stereocenters. The molecule has 0 spiro atoms. The number of likely N-dealkylation sites (N-methyl/N-ethyl adjacent to an activating group) is 2. The fourth-order valence-corrected chi connectivity index (χ4v) is 2.02. The maximum Gasteiger partial charge on any atom is 0.409 e. The molecule has 0 radical (unpaired) electrons. The van der Waals surface area contributed by atoms with Crippen LogP contribution in [0.5, 0.6) is 0 Å². The monoisotopic (exact) mass is 299 g/mol. The number of Topliss-reactive ketones (excluding diaryl/α,β-unsaturated/α-hetero) is 1. The van der Waals surface area contributed by atoms with Gasteiger partial charge in [-0.2, -0.15) is 0 Å². The third-order valence-corrected chi connectivity index (χ3v) is 3.49. The summed E-state index contributed by atoms with van der Waals surface area (Å²) in [7, 11) is 5.48. The summed E-state index contributed by atoms with van der Waals surface area (Å²) in [5.74, 6) is -0.209. The molecule has 2 amide bonds. The Bertz CT molecular complexity index is 384. The fourth-order valence-electron chi connectivity index (χ4n) is 2.02. The molecule has 120 valence electrons. The summed E-state index contributed by atoms with van der Waals surface area (Å²) in [5, 5.41) is 2.74. The topological polar surface area (TPSA) is 79.0 Å². The third-order valence-electron chi connectivity index (χ3n) is 3.49. The van der Waals surface area contributed by atoms with E-state index in [0.29, 0.717) is 19.5 Å². The second kappa shape index (κ2) is 8.61. The predicted octanol–water partition coefficient (Wildman–Crippen LogP) is 0.102. The number of ketones is 1. The Hall–Kier alpha value is -1.63. The van der Waals surface area contributed by atoms with Gasteiger partial charge in [0, 0.05) is 39.0 Å². The van der Waals surface area contributed by atoms with E-state index < -0.39 is 6.09 Å². The Morgan fingerprint density at radius 1 is 1.29 bits per heavy atom. The molecule has 1 aliphatic heterocycles. The van der Waals surface area contributed by atoms with Gasteiger partial charge >= 0.3 is 6.09 Å². The van der Waals surface area contributed by atoms with Crippen LogP contribution in [-0.2, 0) is 14.3 Å². The summed E-state index contributed by atoms with van der Waals surface area (Å²) in [6, 6.07) is 0. The maximum atomic E-state index is 11.7. The number of carbonyl (C=O) groups excluding carboxylic acids is 3. The highest BCUT2D eigenvalue weighted by Crippen LogP contribution is 2.15. The molecule has 0 saturated carbocycles. The number of nitrogens with zero attached hydrogens (tertiary/aromatic N) is 2. The van der Waals surface area contributed by atoms with Gasteiger partial charge in [-0.3, -0.25) is 9.59 Å². The molecule has 0 aromatic rings. The molecule has 1 N–H and O–H groups in total. The van der Waals surface area contributed by atoms with E-state index in [1.165, 1.54) is 4.90 Å². The summed E-state index contributed by atoms with van der Waals surface area (Å²) in [5.41, 5.74) is 0. The van der Waals surface area contributed by atoms with Crippen molar-refractivity contribution in [3.8, 4) is 0 Å². The zero-order valence-corrected chi connectivity index (χ0v) is 13.1. The normalized spacial score (nSPS) is 17.7. The van der Waals surface area contributed by atoms with Crippen molar-refractivity contribution in [2.24, 2.45) is 5.92 Å². The van der Waals surface area contributed by atoms with Crippen LogP contribution in [0.4, 0.5) is 4.79 Å². The first-order valence-corrected chi connectivity index (χ1v) is 7.22. The van der Waals surface area contributed by atoms with E-state index in [4.69, 9.17) is 4.74 Å². The zero-order chi connectivity index (χ0) is 15.8. The van der Waals surface area contributed by atoms with Gasteiger partial charge in [0.1, 0.15) is 0 Å². The van der Waals surface area contributed by atoms with Crippen molar-refractivity contribution in [1.82, 2.24) is 15.1 Å². The number of carbonyl (C=O) groups is 3. The average Bonchev–Trinajstić information content (AvgIpc) is 2.85. The van der Waals surface area contributed by atoms with Crippen molar-refractivity contribution in [3.63, 3.8) is 0 Å². The standard InChI is InChI=1S/C14H25N3O4/c1-16(2)8-9-17(3)14(20)21-10-12(18)5-4-11-6-7-15-13(11)19/h11H,4-10H2,1-3H3,(H,15,19)/t11-/m0/s1. The Balaban J connectivity index is 2.16. The van der Waals surface area contributed by atoms with Crippen molar-refractivity contribution in [2.45, 2.75) is 19.3 Å². The van der Waals surface area contributed by atoms with Crippen molar-refractivity contribution in [3.05, 3.63) is 0 Å². The number of rotatable bonds is 8. The van der Waals surface area contributed by atoms with Gasteiger partial charge in [0.2, 0.25) is 5.91 Å². The molecular weight excluding hydrogens is 274 g/mol. The van der Waals surface area contributed by atoms with Gasteiger partial charge in [-0.05, 0) is 26.9 Å². The summed E-state index contributed by atoms with van der Waals surface area (Å²) in [4.78, 5) is 38.1. The lowest BCUT2D eigenvalue weighted by molar-refractivity contribution is -0.124. The Morgan fingerprint density at radius 3 is 2.57 bits per heavy atom. The third kappa shape index (κ3) is 6.57. The zero-order valence-electron chi connectivity index (χ0n) is 13.1. The minimum Gasteiger partial charge on any atom is -0.441 e. The maximum absolute atomic E-state index is 11.7. The molecule has 1 saturated heterocycles. The lowest BCUT2D eigenvalue weighted by Gasteiger charge is -2.19. The van der Waals surface area contributed by atoms with Crippen molar-refractivity contribution >= 4 is 17.8 Å². The molecule has 1 rings (SSSR count). The summed E-state index contributed by atoms with van der Waals surface area (Å²) >= 11 is 0. The van der Waals surface area contributed by atoms with Gasteiger partial charge in [-0.15, -0.1) is 0 Å². The molecule has 7 heteroatoms. The highest BCUT2D eigenvalue weighted by atomic mass is 16.6. The molecule has 0 aromatic heterocycles. The van der Waals surface area contributed by atoms with Crippen LogP contribution in [-0.4, -0.2) is 75.0 Å². The first kappa shape index (κ1) is 17.4. The minimum absolute atomic E-state index is 0.0169. The van der Waals surface area contributed by atoms with Crippen LogP contribution in [0.3, 0.4) is 0 Å². The Kier molecular flexibility index (Phi) is 7.14. The first-order valence-electron chi connectivity index (χ1n) is 7.22. The van der Waals surface area contributed by atoms with E-state index in [0.717, 1.165) is 13.0 Å². The van der Waals surface area contributed by atoms with Crippen LogP contribution in [0.1, 0.15) is 19.3 Å². The van der Waals surface area contributed by atoms with Crippen LogP contribution in [0.2, 0.25) is 0 Å². The lowest BCUT2D eigenvalue weighted by atomic mass is 10.0. The number of amides is 2. The SMILES string of the molecule is CN(C)CCN(C)C(=O)OCC(=O)CC[C@H]1CCNC1=O. The molecule has 0 aliphatic carbocycles. The van der Waals surface area contributed by atoms with Crippen LogP contribution < -0.4 is 5.32 Å². The van der Waals surface area contributed by atoms with E-state index in [1.54, 1.807) is 7.05 Å². The van der Waals surface area contributed by atoms with Gasteiger partial charge in [0.25, 0.3) is 0 Å². The van der Waals surface area contributed by atoms with E-state index in [2.05, 4.69) is 5.32 Å². The highest BCUT2D eigenvalue weighted by molar-refractivity contribution is 5.84. The molecule has 21 heavy (non-hydrogen) atoms. The second-order valence-electron chi connectivity index (χ2n) is 5.63. The van der Waals surface area contributed by atoms with E-state index in [9.17, 15) is 14.4 Å². The molecule has 1 fully saturated rings. The number of hydrogen-bond donors (Lipinski definition) is 1. The summed E-state index contributed by atoms with van der Waals surface area (Å²) in [6.07, 6.45) is 1.08. The van der Waals surface area contributed by atoms with Gasteiger partial charge < -0.3 is 19.9 Å². The molecule has 0 aromatic carbocycles. The minimum atomic E-state index is -0.496. The quantitative estimate of drug-likeness (QED) is 0.688. The van der Waals surface area contributed by atoms with Gasteiger partial charge in [-0.1, -0.05) is 0 Å². The smallest absolute Gasteiger partial charge is 0.409 e. The molecule has 1 aliphatic rings. The number of nitrogens with one attached hydrogen (secondary N) is 1. The Morgan fingerprint density at radius 2 is 2.00 bits per heavy atom. The largest absolute Gasteiger partial charge is 0.441 e.